The van der Waals surface area contributed by atoms with Crippen LogP contribution in [0.2, 0.25) is 0 Å². The van der Waals surface area contributed by atoms with E-state index in [0.29, 0.717) is 18.8 Å². The Morgan fingerprint density at radius 1 is 0.800 bits per heavy atom. The molecule has 2 amide bonds. The summed E-state index contributed by atoms with van der Waals surface area (Å²) >= 11 is 0. The fourth-order valence-corrected chi connectivity index (χ4v) is 3.53. The van der Waals surface area contributed by atoms with Gasteiger partial charge in [-0.1, -0.05) is 42.5 Å². The van der Waals surface area contributed by atoms with Gasteiger partial charge < -0.3 is 14.7 Å². The molecule has 0 aliphatic rings. The van der Waals surface area contributed by atoms with Gasteiger partial charge in [-0.25, -0.2) is 9.37 Å². The summed E-state index contributed by atoms with van der Waals surface area (Å²) < 4.78 is 13.4. The highest BCUT2D eigenvalue weighted by Gasteiger charge is 2.21. The van der Waals surface area contributed by atoms with E-state index in [0.717, 1.165) is 17.7 Å². The van der Waals surface area contributed by atoms with Crippen LogP contribution in [0.3, 0.4) is 0 Å². The van der Waals surface area contributed by atoms with Crippen molar-refractivity contribution < 1.29 is 14.0 Å². The second-order valence-electron chi connectivity index (χ2n) is 8.75. The number of hydrogen-bond donors (Lipinski definition) is 0. The predicted molar refractivity (Wildman–Crippen MR) is 133 cm³/mol. The van der Waals surface area contributed by atoms with Gasteiger partial charge in [-0.05, 0) is 44.3 Å². The van der Waals surface area contributed by atoms with E-state index in [2.05, 4.69) is 9.97 Å². The summed E-state index contributed by atoms with van der Waals surface area (Å²) in [6.45, 7) is 4.05. The summed E-state index contributed by atoms with van der Waals surface area (Å²) in [7, 11) is 3.94. The Bertz CT molecular complexity index is 1090. The van der Waals surface area contributed by atoms with Crippen LogP contribution in [-0.2, 0) is 17.9 Å². The average molecular weight is 478 g/mol. The Balaban J connectivity index is 1.74. The van der Waals surface area contributed by atoms with E-state index in [1.54, 1.807) is 24.0 Å². The van der Waals surface area contributed by atoms with Crippen LogP contribution in [0.15, 0.2) is 67.0 Å². The number of benzene rings is 2. The third-order valence-corrected chi connectivity index (χ3v) is 5.56. The smallest absolute Gasteiger partial charge is 0.274 e. The van der Waals surface area contributed by atoms with Gasteiger partial charge in [-0.3, -0.25) is 14.6 Å². The SMILES string of the molecule is Cc1cnc(C(=O)N(CCC(=O)N(CCN(C)C)Cc2ccccc2)Cc2ccc(F)cc2)cn1. The molecule has 0 fully saturated rings. The lowest BCUT2D eigenvalue weighted by Gasteiger charge is -2.27. The third kappa shape index (κ3) is 8.26. The number of carbonyl (C=O) groups is 2. The molecule has 7 nitrogen and oxygen atoms in total. The van der Waals surface area contributed by atoms with Gasteiger partial charge in [0.2, 0.25) is 5.91 Å². The normalized spacial score (nSPS) is 10.9. The number of aryl methyl sites for hydroxylation is 1. The van der Waals surface area contributed by atoms with Gasteiger partial charge in [-0.15, -0.1) is 0 Å². The van der Waals surface area contributed by atoms with Gasteiger partial charge >= 0.3 is 0 Å². The van der Waals surface area contributed by atoms with Crippen LogP contribution in [0.25, 0.3) is 0 Å². The van der Waals surface area contributed by atoms with E-state index in [-0.39, 0.29) is 42.8 Å². The van der Waals surface area contributed by atoms with E-state index in [1.807, 2.05) is 54.2 Å². The molecule has 1 aromatic heterocycles. The van der Waals surface area contributed by atoms with Gasteiger partial charge in [0.05, 0.1) is 11.9 Å². The minimum atomic E-state index is -0.344. The van der Waals surface area contributed by atoms with E-state index in [9.17, 15) is 14.0 Å². The van der Waals surface area contributed by atoms with E-state index in [1.165, 1.54) is 24.5 Å². The lowest BCUT2D eigenvalue weighted by Crippen LogP contribution is -2.39. The van der Waals surface area contributed by atoms with Crippen molar-refractivity contribution in [2.75, 3.05) is 33.7 Å². The first kappa shape index (κ1) is 26.0. The second-order valence-corrected chi connectivity index (χ2v) is 8.75. The van der Waals surface area contributed by atoms with Crippen molar-refractivity contribution in [2.24, 2.45) is 0 Å². The Kier molecular flexibility index (Phi) is 9.43. The molecule has 0 atom stereocenters. The Morgan fingerprint density at radius 3 is 2.09 bits per heavy atom. The summed E-state index contributed by atoms with van der Waals surface area (Å²) in [5.41, 5.74) is 2.73. The molecular weight excluding hydrogens is 445 g/mol. The third-order valence-electron chi connectivity index (χ3n) is 5.56. The molecule has 0 saturated heterocycles. The number of aromatic nitrogens is 2. The molecule has 8 heteroatoms. The van der Waals surface area contributed by atoms with E-state index in [4.69, 9.17) is 0 Å². The van der Waals surface area contributed by atoms with Crippen molar-refractivity contribution in [1.82, 2.24) is 24.7 Å². The second kappa shape index (κ2) is 12.7. The van der Waals surface area contributed by atoms with Crippen LogP contribution in [0, 0.1) is 12.7 Å². The molecule has 0 radical (unpaired) electrons. The molecule has 0 aliphatic heterocycles. The fourth-order valence-electron chi connectivity index (χ4n) is 3.53. The molecule has 184 valence electrons. The van der Waals surface area contributed by atoms with Crippen LogP contribution in [-0.4, -0.2) is 70.2 Å². The lowest BCUT2D eigenvalue weighted by molar-refractivity contribution is -0.132. The first-order valence-corrected chi connectivity index (χ1v) is 11.6. The van der Waals surface area contributed by atoms with Crippen molar-refractivity contribution in [2.45, 2.75) is 26.4 Å². The van der Waals surface area contributed by atoms with Gasteiger partial charge in [0.25, 0.3) is 5.91 Å². The van der Waals surface area contributed by atoms with Crippen LogP contribution >= 0.6 is 0 Å². The molecule has 0 spiro atoms. The summed E-state index contributed by atoms with van der Waals surface area (Å²) in [6, 6.07) is 15.8. The van der Waals surface area contributed by atoms with Gasteiger partial charge in [0, 0.05) is 45.3 Å². The highest BCUT2D eigenvalue weighted by molar-refractivity contribution is 5.92. The molecule has 1 heterocycles. The number of amides is 2. The number of likely N-dealkylation sites (N-methyl/N-ethyl adjacent to an activating group) is 1. The van der Waals surface area contributed by atoms with Gasteiger partial charge in [-0.2, -0.15) is 0 Å². The summed E-state index contributed by atoms with van der Waals surface area (Å²) in [4.78, 5) is 40.3. The first-order valence-electron chi connectivity index (χ1n) is 11.6. The molecule has 35 heavy (non-hydrogen) atoms. The number of rotatable bonds is 11. The maximum absolute atomic E-state index is 13.4. The Morgan fingerprint density at radius 2 is 1.46 bits per heavy atom. The molecule has 0 unspecified atom stereocenters. The minimum absolute atomic E-state index is 0.0393. The minimum Gasteiger partial charge on any atom is -0.337 e. The van der Waals surface area contributed by atoms with Crippen LogP contribution in [0.1, 0.15) is 33.7 Å². The molecule has 0 saturated carbocycles. The standard InChI is InChI=1S/C27H32FN5O2/c1-21-17-30-25(18-29-21)27(35)33(20-23-9-11-24(28)12-10-23)14-13-26(34)32(16-15-31(2)3)19-22-7-5-4-6-8-22/h4-12,17-18H,13-16,19-20H2,1-3H3. The molecule has 3 aromatic rings. The molecule has 0 N–H and O–H groups in total. The Hall–Kier alpha value is -3.65. The first-order chi connectivity index (χ1) is 16.8. The number of halogens is 1. The lowest BCUT2D eigenvalue weighted by atomic mass is 10.1. The summed E-state index contributed by atoms with van der Waals surface area (Å²) in [5, 5.41) is 0. The highest BCUT2D eigenvalue weighted by atomic mass is 19.1. The molecule has 3 rings (SSSR count). The average Bonchev–Trinajstić information content (AvgIpc) is 2.86. The van der Waals surface area contributed by atoms with Crippen molar-refractivity contribution in [3.05, 3.63) is 95.3 Å². The maximum Gasteiger partial charge on any atom is 0.274 e. The van der Waals surface area contributed by atoms with Crippen molar-refractivity contribution in [3.8, 4) is 0 Å². The molecular formula is C27H32FN5O2. The van der Waals surface area contributed by atoms with Crippen LogP contribution in [0.4, 0.5) is 4.39 Å². The molecule has 0 bridgehead atoms. The summed E-state index contributed by atoms with van der Waals surface area (Å²) in [5.74, 6) is -0.705. The topological polar surface area (TPSA) is 69.6 Å². The van der Waals surface area contributed by atoms with Crippen LogP contribution < -0.4 is 0 Å². The quantitative estimate of drug-likeness (QED) is 0.423. The predicted octanol–water partition coefficient (Wildman–Crippen LogP) is 3.55. The van der Waals surface area contributed by atoms with Crippen LogP contribution in [0.5, 0.6) is 0 Å². The zero-order valence-electron chi connectivity index (χ0n) is 20.5. The van der Waals surface area contributed by atoms with E-state index < -0.39 is 0 Å². The molecule has 0 aliphatic carbocycles. The zero-order valence-corrected chi connectivity index (χ0v) is 20.5. The maximum atomic E-state index is 13.4. The van der Waals surface area contributed by atoms with Gasteiger partial charge in [0.15, 0.2) is 0 Å². The fraction of sp³-hybridized carbons (Fsp3) is 0.333. The molecule has 2 aromatic carbocycles. The Labute approximate surface area is 206 Å². The van der Waals surface area contributed by atoms with Crippen molar-refractivity contribution in [3.63, 3.8) is 0 Å². The summed E-state index contributed by atoms with van der Waals surface area (Å²) in [6.07, 6.45) is 3.14. The zero-order chi connectivity index (χ0) is 25.2. The number of nitrogens with zero attached hydrogens (tertiary/aromatic N) is 5. The van der Waals surface area contributed by atoms with Crippen molar-refractivity contribution >= 4 is 11.8 Å². The largest absolute Gasteiger partial charge is 0.337 e. The van der Waals surface area contributed by atoms with Crippen molar-refractivity contribution in [1.29, 1.82) is 0 Å². The van der Waals surface area contributed by atoms with E-state index >= 15 is 0 Å². The highest BCUT2D eigenvalue weighted by Crippen LogP contribution is 2.13. The monoisotopic (exact) mass is 477 g/mol. The number of hydrogen-bond acceptors (Lipinski definition) is 5. The van der Waals surface area contributed by atoms with Gasteiger partial charge in [0.1, 0.15) is 11.5 Å². The number of carbonyl (C=O) groups excluding carboxylic acids is 2.